The summed E-state index contributed by atoms with van der Waals surface area (Å²) >= 11 is 0. The van der Waals surface area contributed by atoms with Crippen molar-refractivity contribution in [3.8, 4) is 0 Å². The smallest absolute Gasteiger partial charge is 0.371 e. The monoisotopic (exact) mass is 530 g/mol. The van der Waals surface area contributed by atoms with Gasteiger partial charge in [0.15, 0.2) is 9.84 Å². The Morgan fingerprint density at radius 2 is 1.57 bits per heavy atom. The van der Waals surface area contributed by atoms with Crippen molar-refractivity contribution in [2.75, 3.05) is 29.1 Å². The maximum Gasteiger partial charge on any atom is 0.416 e. The molecule has 0 aromatic heterocycles. The number of benzene rings is 3. The van der Waals surface area contributed by atoms with Gasteiger partial charge in [0.25, 0.3) is 0 Å². The first-order valence-electron chi connectivity index (χ1n) is 12.1. The molecule has 0 bridgehead atoms. The number of halogens is 3. The van der Waals surface area contributed by atoms with E-state index in [1.54, 1.807) is 19.1 Å². The number of rotatable bonds is 7. The molecular weight excluding hydrogens is 501 g/mol. The topological polar surface area (TPSA) is 66.5 Å². The molecule has 0 radical (unpaired) electrons. The van der Waals surface area contributed by atoms with Gasteiger partial charge in [-0.05, 0) is 65.6 Å². The maximum absolute atomic E-state index is 12.9. The Labute approximate surface area is 215 Å². The molecule has 1 fully saturated rings. The second kappa shape index (κ2) is 10.6. The van der Waals surface area contributed by atoms with E-state index >= 15 is 0 Å². The molecule has 3 aromatic carbocycles. The zero-order valence-corrected chi connectivity index (χ0v) is 21.4. The first kappa shape index (κ1) is 26.7. The van der Waals surface area contributed by atoms with Crippen LogP contribution in [0.25, 0.3) is 0 Å². The highest BCUT2D eigenvalue weighted by molar-refractivity contribution is 7.91. The third-order valence-corrected chi connectivity index (χ3v) is 8.57. The van der Waals surface area contributed by atoms with Gasteiger partial charge in [-0.3, -0.25) is 4.79 Å². The lowest BCUT2D eigenvalue weighted by atomic mass is 9.90. The van der Waals surface area contributed by atoms with Crippen LogP contribution in [0.15, 0.2) is 77.7 Å². The predicted molar refractivity (Wildman–Crippen MR) is 139 cm³/mol. The molecule has 1 amide bonds. The molecule has 1 aliphatic heterocycles. The lowest BCUT2D eigenvalue weighted by Crippen LogP contribution is -2.19. The average Bonchev–Trinajstić information content (AvgIpc) is 3.26. The van der Waals surface area contributed by atoms with E-state index in [4.69, 9.17) is 0 Å². The van der Waals surface area contributed by atoms with Crippen LogP contribution in [0.4, 0.5) is 24.5 Å². The van der Waals surface area contributed by atoms with Crippen molar-refractivity contribution in [1.29, 1.82) is 0 Å². The van der Waals surface area contributed by atoms with Gasteiger partial charge in [-0.1, -0.05) is 38.1 Å². The standard InChI is InChI=1S/C28H29F3N2O3S/c1-3-37(35,36)25-14-4-20(5-15-25)16-27(34)32-23-10-6-21(7-11-23)26-18-33(17-19(26)2)24-12-8-22(9-13-24)28(29,30)31/h4-15,19,26H,3,16-18H2,1-2H3,(H,32,34). The van der Waals surface area contributed by atoms with Crippen LogP contribution >= 0.6 is 0 Å². The van der Waals surface area contributed by atoms with E-state index in [0.29, 0.717) is 23.7 Å². The number of carbonyl (C=O) groups is 1. The van der Waals surface area contributed by atoms with E-state index in [-0.39, 0.29) is 28.9 Å². The van der Waals surface area contributed by atoms with Crippen molar-refractivity contribution in [2.45, 2.75) is 37.3 Å². The molecular formula is C28H29F3N2O3S. The number of anilines is 2. The molecule has 196 valence electrons. The largest absolute Gasteiger partial charge is 0.416 e. The first-order valence-corrected chi connectivity index (χ1v) is 13.7. The van der Waals surface area contributed by atoms with Crippen LogP contribution in [-0.4, -0.2) is 33.2 Å². The number of hydrogen-bond donors (Lipinski definition) is 1. The lowest BCUT2D eigenvalue weighted by Gasteiger charge is -2.19. The number of nitrogens with one attached hydrogen (secondary N) is 1. The SMILES string of the molecule is CCS(=O)(=O)c1ccc(CC(=O)Nc2ccc(C3CN(c4ccc(C(F)(F)F)cc4)CC3C)cc2)cc1. The molecule has 1 aliphatic rings. The van der Waals surface area contributed by atoms with Gasteiger partial charge in [0.2, 0.25) is 5.91 Å². The Morgan fingerprint density at radius 1 is 0.946 bits per heavy atom. The summed E-state index contributed by atoms with van der Waals surface area (Å²) in [7, 11) is -3.28. The van der Waals surface area contributed by atoms with E-state index in [1.807, 2.05) is 24.3 Å². The number of alkyl halides is 3. The van der Waals surface area contributed by atoms with Gasteiger partial charge >= 0.3 is 6.18 Å². The fraction of sp³-hybridized carbons (Fsp3) is 0.321. The minimum Gasteiger partial charge on any atom is -0.371 e. The van der Waals surface area contributed by atoms with Crippen molar-refractivity contribution in [3.05, 3.63) is 89.5 Å². The van der Waals surface area contributed by atoms with E-state index in [1.165, 1.54) is 24.3 Å². The summed E-state index contributed by atoms with van der Waals surface area (Å²) in [5.74, 6) is 0.337. The van der Waals surface area contributed by atoms with E-state index in [2.05, 4.69) is 17.1 Å². The normalized spacial score (nSPS) is 18.1. The fourth-order valence-corrected chi connectivity index (χ4v) is 5.54. The zero-order chi connectivity index (χ0) is 26.8. The Morgan fingerprint density at radius 3 is 2.14 bits per heavy atom. The van der Waals surface area contributed by atoms with Gasteiger partial charge in [-0.2, -0.15) is 13.2 Å². The summed E-state index contributed by atoms with van der Waals surface area (Å²) in [5.41, 5.74) is 2.59. The molecule has 3 aromatic rings. The van der Waals surface area contributed by atoms with E-state index in [9.17, 15) is 26.4 Å². The van der Waals surface area contributed by atoms with E-state index < -0.39 is 21.6 Å². The van der Waals surface area contributed by atoms with Crippen LogP contribution in [0, 0.1) is 5.92 Å². The Bertz CT molecular complexity index is 1340. The summed E-state index contributed by atoms with van der Waals surface area (Å²) < 4.78 is 62.5. The molecule has 0 aliphatic carbocycles. The van der Waals surface area contributed by atoms with Crippen molar-refractivity contribution in [3.63, 3.8) is 0 Å². The Balaban J connectivity index is 1.35. The minimum atomic E-state index is -4.35. The van der Waals surface area contributed by atoms with Crippen molar-refractivity contribution in [1.82, 2.24) is 0 Å². The number of sulfone groups is 1. The van der Waals surface area contributed by atoms with Gasteiger partial charge in [0, 0.05) is 30.4 Å². The van der Waals surface area contributed by atoms with Crippen LogP contribution in [0.5, 0.6) is 0 Å². The molecule has 37 heavy (non-hydrogen) atoms. The Kier molecular flexibility index (Phi) is 7.64. The van der Waals surface area contributed by atoms with Gasteiger partial charge in [0.1, 0.15) is 0 Å². The van der Waals surface area contributed by atoms with E-state index in [0.717, 1.165) is 29.9 Å². The molecule has 4 rings (SSSR count). The summed E-state index contributed by atoms with van der Waals surface area (Å²) in [4.78, 5) is 14.8. The van der Waals surface area contributed by atoms with Crippen LogP contribution < -0.4 is 10.2 Å². The molecule has 1 heterocycles. The molecule has 1 saturated heterocycles. The van der Waals surface area contributed by atoms with Crippen molar-refractivity contribution >= 4 is 27.1 Å². The molecule has 1 N–H and O–H groups in total. The second-order valence-electron chi connectivity index (χ2n) is 9.43. The maximum atomic E-state index is 12.9. The first-order chi connectivity index (χ1) is 17.5. The number of nitrogens with zero attached hydrogens (tertiary/aromatic N) is 1. The highest BCUT2D eigenvalue weighted by Gasteiger charge is 2.33. The highest BCUT2D eigenvalue weighted by atomic mass is 32.2. The van der Waals surface area contributed by atoms with Crippen molar-refractivity contribution in [2.24, 2.45) is 5.92 Å². The molecule has 5 nitrogen and oxygen atoms in total. The van der Waals surface area contributed by atoms with Gasteiger partial charge in [-0.25, -0.2) is 8.42 Å². The van der Waals surface area contributed by atoms with Gasteiger partial charge in [-0.15, -0.1) is 0 Å². The second-order valence-corrected chi connectivity index (χ2v) is 11.7. The van der Waals surface area contributed by atoms with Gasteiger partial charge in [0.05, 0.1) is 22.6 Å². The Hall–Kier alpha value is -3.33. The third-order valence-electron chi connectivity index (χ3n) is 6.82. The average molecular weight is 531 g/mol. The molecule has 0 spiro atoms. The van der Waals surface area contributed by atoms with Crippen LogP contribution in [0.2, 0.25) is 0 Å². The van der Waals surface area contributed by atoms with Crippen molar-refractivity contribution < 1.29 is 26.4 Å². The third kappa shape index (κ3) is 6.33. The molecule has 2 atom stereocenters. The molecule has 0 saturated carbocycles. The number of amides is 1. The molecule has 9 heteroatoms. The molecule has 2 unspecified atom stereocenters. The quantitative estimate of drug-likeness (QED) is 0.412. The number of hydrogen-bond acceptors (Lipinski definition) is 4. The van der Waals surface area contributed by atoms with Gasteiger partial charge < -0.3 is 10.2 Å². The fourth-order valence-electron chi connectivity index (χ4n) is 4.66. The summed E-state index contributed by atoms with van der Waals surface area (Å²) in [5, 5.41) is 2.87. The summed E-state index contributed by atoms with van der Waals surface area (Å²) in [6.07, 6.45) is -4.23. The zero-order valence-electron chi connectivity index (χ0n) is 20.6. The summed E-state index contributed by atoms with van der Waals surface area (Å²) in [6, 6.07) is 19.2. The van der Waals surface area contributed by atoms with Crippen LogP contribution in [0.3, 0.4) is 0 Å². The van der Waals surface area contributed by atoms with Crippen LogP contribution in [0.1, 0.15) is 36.5 Å². The number of carbonyl (C=O) groups excluding carboxylic acids is 1. The highest BCUT2D eigenvalue weighted by Crippen LogP contribution is 2.37. The minimum absolute atomic E-state index is 0.0234. The predicted octanol–water partition coefficient (Wildman–Crippen LogP) is 5.92. The van der Waals surface area contributed by atoms with Crippen LogP contribution in [-0.2, 0) is 27.2 Å². The lowest BCUT2D eigenvalue weighted by molar-refractivity contribution is -0.137. The summed E-state index contributed by atoms with van der Waals surface area (Å²) in [6.45, 7) is 5.15.